The van der Waals surface area contributed by atoms with Crippen LogP contribution in [0.2, 0.25) is 0 Å². The van der Waals surface area contributed by atoms with E-state index in [1.165, 1.54) is 7.11 Å². The number of carbonyl (C=O) groups is 1. The third-order valence-electron chi connectivity index (χ3n) is 1.34. The van der Waals surface area contributed by atoms with E-state index in [0.717, 1.165) is 4.48 Å². The Balaban J connectivity index is 3.08. The SMILES string of the molecule is COC(=O)C1=CC(Br)=C=CC(Br)=C1. The lowest BCUT2D eigenvalue weighted by Crippen LogP contribution is -2.02. The molecule has 4 heteroatoms. The molecule has 0 N–H and O–H groups in total. The maximum atomic E-state index is 11.2. The maximum Gasteiger partial charge on any atom is 0.337 e. The lowest BCUT2D eigenvalue weighted by Gasteiger charge is -1.98. The topological polar surface area (TPSA) is 26.3 Å². The highest BCUT2D eigenvalue weighted by atomic mass is 79.9. The molecular weight excluding hydrogens is 300 g/mol. The molecule has 2 nitrogen and oxygen atoms in total. The maximum absolute atomic E-state index is 11.2. The summed E-state index contributed by atoms with van der Waals surface area (Å²) in [5.41, 5.74) is 3.39. The Hall–Kier alpha value is -0.570. The van der Waals surface area contributed by atoms with Crippen LogP contribution in [0.3, 0.4) is 0 Å². The highest BCUT2D eigenvalue weighted by Gasteiger charge is 2.08. The van der Waals surface area contributed by atoms with Crippen molar-refractivity contribution in [1.29, 1.82) is 0 Å². The lowest BCUT2D eigenvalue weighted by molar-refractivity contribution is -0.135. The fraction of sp³-hybridized carbons (Fsp3) is 0.111. The second-order valence-electron chi connectivity index (χ2n) is 2.26. The van der Waals surface area contributed by atoms with E-state index < -0.39 is 0 Å². The van der Waals surface area contributed by atoms with Gasteiger partial charge in [0, 0.05) is 4.48 Å². The molecule has 0 unspecified atom stereocenters. The Morgan fingerprint density at radius 2 is 2.15 bits per heavy atom. The van der Waals surface area contributed by atoms with Gasteiger partial charge in [-0.05, 0) is 34.2 Å². The third kappa shape index (κ3) is 2.99. The van der Waals surface area contributed by atoms with Gasteiger partial charge >= 0.3 is 5.97 Å². The Morgan fingerprint density at radius 1 is 1.46 bits per heavy atom. The molecule has 0 amide bonds. The molecule has 0 aromatic heterocycles. The Bertz CT molecular complexity index is 358. The zero-order valence-corrected chi connectivity index (χ0v) is 9.98. The summed E-state index contributed by atoms with van der Waals surface area (Å²) in [6.07, 6.45) is 5.04. The van der Waals surface area contributed by atoms with Crippen molar-refractivity contribution in [2.75, 3.05) is 7.11 Å². The molecule has 0 bridgehead atoms. The van der Waals surface area contributed by atoms with Gasteiger partial charge < -0.3 is 4.74 Å². The molecule has 0 aromatic rings. The van der Waals surface area contributed by atoms with Gasteiger partial charge in [-0.2, -0.15) is 0 Å². The van der Waals surface area contributed by atoms with Crippen molar-refractivity contribution in [1.82, 2.24) is 0 Å². The molecule has 0 radical (unpaired) electrons. The minimum absolute atomic E-state index is 0.369. The predicted octanol–water partition coefficient (Wildman–Crippen LogP) is 2.81. The Morgan fingerprint density at radius 3 is 2.77 bits per heavy atom. The summed E-state index contributed by atoms with van der Waals surface area (Å²) < 4.78 is 6.08. The fourth-order valence-electron chi connectivity index (χ4n) is 0.784. The van der Waals surface area contributed by atoms with Crippen LogP contribution < -0.4 is 0 Å². The van der Waals surface area contributed by atoms with Crippen LogP contribution in [-0.4, -0.2) is 13.1 Å². The number of ether oxygens (including phenoxy) is 1. The number of hydrogen-bond acceptors (Lipinski definition) is 2. The summed E-state index contributed by atoms with van der Waals surface area (Å²) in [6, 6.07) is 0. The molecule has 0 heterocycles. The average Bonchev–Trinajstić information content (AvgIpc) is 2.27. The smallest absolute Gasteiger partial charge is 0.337 e. The number of methoxy groups -OCH3 is 1. The van der Waals surface area contributed by atoms with Crippen LogP contribution in [0.4, 0.5) is 0 Å². The highest BCUT2D eigenvalue weighted by molar-refractivity contribution is 9.12. The lowest BCUT2D eigenvalue weighted by atomic mass is 10.2. The number of esters is 1. The monoisotopic (exact) mass is 304 g/mol. The van der Waals surface area contributed by atoms with Gasteiger partial charge in [0.2, 0.25) is 0 Å². The van der Waals surface area contributed by atoms with Crippen LogP contribution in [0.15, 0.2) is 38.5 Å². The number of hydrogen-bond donors (Lipinski definition) is 0. The first-order chi connectivity index (χ1) is 6.13. The highest BCUT2D eigenvalue weighted by Crippen LogP contribution is 2.19. The van der Waals surface area contributed by atoms with Gasteiger partial charge in [0.25, 0.3) is 0 Å². The largest absolute Gasteiger partial charge is 0.465 e. The van der Waals surface area contributed by atoms with E-state index in [9.17, 15) is 4.79 Å². The van der Waals surface area contributed by atoms with Gasteiger partial charge in [0.05, 0.1) is 17.2 Å². The number of allylic oxidation sites excluding steroid dienone is 3. The molecule has 0 fully saturated rings. The molecule has 1 aliphatic carbocycles. The van der Waals surface area contributed by atoms with Gasteiger partial charge in [-0.1, -0.05) is 15.9 Å². The van der Waals surface area contributed by atoms with Gasteiger partial charge in [-0.3, -0.25) is 0 Å². The number of carbonyl (C=O) groups excluding carboxylic acids is 1. The van der Waals surface area contributed by atoms with Crippen LogP contribution >= 0.6 is 31.9 Å². The third-order valence-corrected chi connectivity index (χ3v) is 2.26. The number of halogens is 2. The van der Waals surface area contributed by atoms with E-state index >= 15 is 0 Å². The molecule has 0 atom stereocenters. The first-order valence-electron chi connectivity index (χ1n) is 3.43. The summed E-state index contributed by atoms with van der Waals surface area (Å²) in [4.78, 5) is 11.2. The molecule has 1 rings (SSSR count). The summed E-state index contributed by atoms with van der Waals surface area (Å²) >= 11 is 6.50. The molecule has 0 aromatic carbocycles. The summed E-state index contributed by atoms with van der Waals surface area (Å²) in [5, 5.41) is 0. The first-order valence-corrected chi connectivity index (χ1v) is 5.01. The van der Waals surface area contributed by atoms with Crippen molar-refractivity contribution in [3.05, 3.63) is 38.5 Å². The second kappa shape index (κ2) is 4.61. The van der Waals surface area contributed by atoms with Crippen LogP contribution in [0, 0.1) is 0 Å². The Labute approximate surface area is 92.9 Å². The summed E-state index contributed by atoms with van der Waals surface area (Å²) in [5.74, 6) is -0.369. The molecule has 13 heavy (non-hydrogen) atoms. The molecular formula is C9H6Br2O2. The van der Waals surface area contributed by atoms with E-state index in [4.69, 9.17) is 0 Å². The van der Waals surface area contributed by atoms with Crippen LogP contribution in [0.5, 0.6) is 0 Å². The molecule has 68 valence electrons. The fourth-order valence-corrected chi connectivity index (χ4v) is 1.51. The van der Waals surface area contributed by atoms with Gasteiger partial charge in [-0.15, -0.1) is 5.73 Å². The summed E-state index contributed by atoms with van der Waals surface area (Å²) in [6.45, 7) is 0. The first kappa shape index (κ1) is 10.5. The van der Waals surface area contributed by atoms with E-state index in [1.54, 1.807) is 18.2 Å². The van der Waals surface area contributed by atoms with Crippen molar-refractivity contribution < 1.29 is 9.53 Å². The zero-order chi connectivity index (χ0) is 9.84. The molecule has 0 saturated carbocycles. The van der Waals surface area contributed by atoms with Crippen molar-refractivity contribution >= 4 is 37.8 Å². The second-order valence-corrected chi connectivity index (χ2v) is 4.03. The van der Waals surface area contributed by atoms with Crippen LogP contribution in [0.25, 0.3) is 0 Å². The van der Waals surface area contributed by atoms with Gasteiger partial charge in [-0.25, -0.2) is 4.79 Å². The quantitative estimate of drug-likeness (QED) is 0.550. The number of rotatable bonds is 1. The predicted molar refractivity (Wildman–Crippen MR) is 57.6 cm³/mol. The summed E-state index contributed by atoms with van der Waals surface area (Å²) in [7, 11) is 1.35. The zero-order valence-electron chi connectivity index (χ0n) is 6.80. The van der Waals surface area contributed by atoms with E-state index in [0.29, 0.717) is 10.1 Å². The molecule has 0 aliphatic heterocycles. The van der Waals surface area contributed by atoms with Crippen molar-refractivity contribution in [2.45, 2.75) is 0 Å². The minimum Gasteiger partial charge on any atom is -0.465 e. The normalized spacial score (nSPS) is 15.5. The molecule has 1 aliphatic rings. The van der Waals surface area contributed by atoms with Crippen molar-refractivity contribution in [3.63, 3.8) is 0 Å². The van der Waals surface area contributed by atoms with E-state index in [-0.39, 0.29) is 5.97 Å². The van der Waals surface area contributed by atoms with Crippen LogP contribution in [0.1, 0.15) is 0 Å². The van der Waals surface area contributed by atoms with E-state index in [1.807, 2.05) is 0 Å². The van der Waals surface area contributed by atoms with Gasteiger partial charge in [0.1, 0.15) is 0 Å². The molecule has 0 saturated heterocycles. The minimum atomic E-state index is -0.369. The molecule has 0 spiro atoms. The van der Waals surface area contributed by atoms with Gasteiger partial charge in [0.15, 0.2) is 0 Å². The van der Waals surface area contributed by atoms with Crippen LogP contribution in [-0.2, 0) is 9.53 Å². The standard InChI is InChI=1S/C9H6Br2O2/c1-13-9(12)6-4-7(10)2-3-8(11)5-6/h2,4-5H,1H3. The Kier molecular flexibility index (Phi) is 3.72. The van der Waals surface area contributed by atoms with Crippen molar-refractivity contribution in [2.24, 2.45) is 0 Å². The van der Waals surface area contributed by atoms with Crippen molar-refractivity contribution in [3.8, 4) is 0 Å². The average molecular weight is 306 g/mol. The van der Waals surface area contributed by atoms with E-state index in [2.05, 4.69) is 42.3 Å².